The summed E-state index contributed by atoms with van der Waals surface area (Å²) < 4.78 is 4.72. The monoisotopic (exact) mass is 302 g/mol. The van der Waals surface area contributed by atoms with Gasteiger partial charge in [0.05, 0.1) is 24.7 Å². The van der Waals surface area contributed by atoms with E-state index in [4.69, 9.17) is 17.0 Å². The molecule has 1 aromatic carbocycles. The SMILES string of the molecule is CCOC(=O)NC(=S)Nc1cnc(-c2ccccc2)nc1. The fourth-order valence-corrected chi connectivity index (χ4v) is 1.75. The molecular weight excluding hydrogens is 288 g/mol. The molecule has 6 nitrogen and oxygen atoms in total. The van der Waals surface area contributed by atoms with E-state index in [0.717, 1.165) is 5.56 Å². The second-order valence-electron chi connectivity index (χ2n) is 3.96. The molecule has 0 spiro atoms. The molecule has 2 rings (SSSR count). The first kappa shape index (κ1) is 14.9. The highest BCUT2D eigenvalue weighted by Crippen LogP contribution is 2.14. The van der Waals surface area contributed by atoms with Crippen LogP contribution in [-0.2, 0) is 4.74 Å². The maximum Gasteiger partial charge on any atom is 0.413 e. The van der Waals surface area contributed by atoms with Gasteiger partial charge >= 0.3 is 6.09 Å². The van der Waals surface area contributed by atoms with E-state index in [-0.39, 0.29) is 11.7 Å². The minimum absolute atomic E-state index is 0.129. The van der Waals surface area contributed by atoms with E-state index in [1.54, 1.807) is 19.3 Å². The molecule has 0 radical (unpaired) electrons. The average molecular weight is 302 g/mol. The van der Waals surface area contributed by atoms with Crippen molar-refractivity contribution in [2.24, 2.45) is 0 Å². The largest absolute Gasteiger partial charge is 0.450 e. The topological polar surface area (TPSA) is 76.1 Å². The van der Waals surface area contributed by atoms with Crippen molar-refractivity contribution >= 4 is 29.1 Å². The Kier molecular flexibility index (Phi) is 5.16. The fraction of sp³-hybridized carbons (Fsp3) is 0.143. The molecule has 108 valence electrons. The Labute approximate surface area is 127 Å². The lowest BCUT2D eigenvalue weighted by Gasteiger charge is -2.09. The highest BCUT2D eigenvalue weighted by Gasteiger charge is 2.06. The number of carbonyl (C=O) groups is 1. The van der Waals surface area contributed by atoms with Crippen molar-refractivity contribution in [3.05, 3.63) is 42.7 Å². The first-order chi connectivity index (χ1) is 10.2. The number of alkyl carbamates (subject to hydrolysis) is 1. The number of anilines is 1. The lowest BCUT2D eigenvalue weighted by atomic mass is 10.2. The predicted molar refractivity (Wildman–Crippen MR) is 83.8 cm³/mol. The lowest BCUT2D eigenvalue weighted by Crippen LogP contribution is -2.34. The number of hydrogen-bond donors (Lipinski definition) is 2. The molecule has 0 fully saturated rings. The number of ether oxygens (including phenoxy) is 1. The highest BCUT2D eigenvalue weighted by molar-refractivity contribution is 7.80. The summed E-state index contributed by atoms with van der Waals surface area (Å²) in [4.78, 5) is 19.7. The molecule has 0 aliphatic heterocycles. The summed E-state index contributed by atoms with van der Waals surface area (Å²) in [6, 6.07) is 9.62. The number of hydrogen-bond acceptors (Lipinski definition) is 5. The number of aromatic nitrogens is 2. The van der Waals surface area contributed by atoms with Crippen LogP contribution in [0.2, 0.25) is 0 Å². The van der Waals surface area contributed by atoms with Crippen LogP contribution in [-0.4, -0.2) is 27.8 Å². The molecule has 7 heteroatoms. The summed E-state index contributed by atoms with van der Waals surface area (Å²) in [5.74, 6) is 0.616. The standard InChI is InChI=1S/C14H14N4O2S/c1-2-20-14(19)18-13(21)17-11-8-15-12(16-9-11)10-6-4-3-5-7-10/h3-9H,2H2,1H3,(H2,17,18,19,21). The van der Waals surface area contributed by atoms with Crippen LogP contribution < -0.4 is 10.6 Å². The molecule has 0 atom stereocenters. The number of thiocarbonyl (C=S) groups is 1. The highest BCUT2D eigenvalue weighted by atomic mass is 32.1. The molecule has 0 saturated heterocycles. The van der Waals surface area contributed by atoms with E-state index >= 15 is 0 Å². The number of rotatable bonds is 3. The molecule has 21 heavy (non-hydrogen) atoms. The van der Waals surface area contributed by atoms with Crippen LogP contribution in [0.1, 0.15) is 6.92 Å². The van der Waals surface area contributed by atoms with Crippen molar-refractivity contribution in [2.75, 3.05) is 11.9 Å². The van der Waals surface area contributed by atoms with Crippen molar-refractivity contribution in [3.63, 3.8) is 0 Å². The van der Waals surface area contributed by atoms with Gasteiger partial charge < -0.3 is 10.1 Å². The van der Waals surface area contributed by atoms with Gasteiger partial charge in [0.1, 0.15) is 0 Å². The predicted octanol–water partition coefficient (Wildman–Crippen LogP) is 2.59. The third-order valence-corrected chi connectivity index (χ3v) is 2.64. The molecule has 1 amide bonds. The summed E-state index contributed by atoms with van der Waals surface area (Å²) in [5, 5.41) is 5.31. The Hall–Kier alpha value is -2.54. The van der Waals surface area contributed by atoms with E-state index in [1.807, 2.05) is 30.3 Å². The molecule has 1 heterocycles. The van der Waals surface area contributed by atoms with Gasteiger partial charge in [0.15, 0.2) is 10.9 Å². The Morgan fingerprint density at radius 3 is 2.52 bits per heavy atom. The van der Waals surface area contributed by atoms with Crippen LogP contribution in [0, 0.1) is 0 Å². The van der Waals surface area contributed by atoms with Crippen LogP contribution in [0.15, 0.2) is 42.7 Å². The van der Waals surface area contributed by atoms with Crippen LogP contribution >= 0.6 is 12.2 Å². The van der Waals surface area contributed by atoms with Gasteiger partial charge in [0, 0.05) is 5.56 Å². The van der Waals surface area contributed by atoms with Gasteiger partial charge in [-0.25, -0.2) is 14.8 Å². The van der Waals surface area contributed by atoms with E-state index in [9.17, 15) is 4.79 Å². The Balaban J connectivity index is 1.97. The Morgan fingerprint density at radius 1 is 1.24 bits per heavy atom. The van der Waals surface area contributed by atoms with Crippen molar-refractivity contribution in [1.82, 2.24) is 15.3 Å². The average Bonchev–Trinajstić information content (AvgIpc) is 2.49. The maximum absolute atomic E-state index is 11.2. The molecule has 2 aromatic rings. The third kappa shape index (κ3) is 4.50. The van der Waals surface area contributed by atoms with Crippen molar-refractivity contribution in [2.45, 2.75) is 6.92 Å². The molecule has 2 N–H and O–H groups in total. The summed E-state index contributed by atoms with van der Waals surface area (Å²) in [7, 11) is 0. The summed E-state index contributed by atoms with van der Waals surface area (Å²) >= 11 is 4.97. The minimum Gasteiger partial charge on any atom is -0.450 e. The van der Waals surface area contributed by atoms with Crippen LogP contribution in [0.4, 0.5) is 10.5 Å². The van der Waals surface area contributed by atoms with Crippen molar-refractivity contribution in [3.8, 4) is 11.4 Å². The van der Waals surface area contributed by atoms with Crippen LogP contribution in [0.25, 0.3) is 11.4 Å². The summed E-state index contributed by atoms with van der Waals surface area (Å²) in [5.41, 5.74) is 1.51. The van der Waals surface area contributed by atoms with Crippen molar-refractivity contribution in [1.29, 1.82) is 0 Å². The lowest BCUT2D eigenvalue weighted by molar-refractivity contribution is 0.158. The number of nitrogens with zero attached hydrogens (tertiary/aromatic N) is 2. The fourth-order valence-electron chi connectivity index (χ4n) is 1.55. The normalized spacial score (nSPS) is 9.76. The van der Waals surface area contributed by atoms with Crippen LogP contribution in [0.3, 0.4) is 0 Å². The van der Waals surface area contributed by atoms with Gasteiger partial charge in [0.2, 0.25) is 0 Å². The molecule has 0 aliphatic carbocycles. The van der Waals surface area contributed by atoms with Gasteiger partial charge in [-0.05, 0) is 19.1 Å². The smallest absolute Gasteiger partial charge is 0.413 e. The van der Waals surface area contributed by atoms with Gasteiger partial charge in [-0.2, -0.15) is 0 Å². The molecule has 0 aliphatic rings. The molecule has 0 unspecified atom stereocenters. The molecule has 1 aromatic heterocycles. The van der Waals surface area contributed by atoms with E-state index in [1.165, 1.54) is 0 Å². The summed E-state index contributed by atoms with van der Waals surface area (Å²) in [6.45, 7) is 2.00. The first-order valence-corrected chi connectivity index (χ1v) is 6.72. The zero-order valence-corrected chi connectivity index (χ0v) is 12.2. The maximum atomic E-state index is 11.2. The first-order valence-electron chi connectivity index (χ1n) is 6.31. The number of amides is 1. The van der Waals surface area contributed by atoms with Gasteiger partial charge in [0.25, 0.3) is 0 Å². The Bertz CT molecular complexity index is 617. The molecule has 0 bridgehead atoms. The number of carbonyl (C=O) groups excluding carboxylic acids is 1. The molecule has 0 saturated carbocycles. The number of nitrogens with one attached hydrogen (secondary N) is 2. The third-order valence-electron chi connectivity index (χ3n) is 2.43. The number of benzene rings is 1. The van der Waals surface area contributed by atoms with Crippen molar-refractivity contribution < 1.29 is 9.53 Å². The van der Waals surface area contributed by atoms with Gasteiger partial charge in [-0.15, -0.1) is 0 Å². The quantitative estimate of drug-likeness (QED) is 0.849. The van der Waals surface area contributed by atoms with Gasteiger partial charge in [-0.3, -0.25) is 5.32 Å². The van der Waals surface area contributed by atoms with E-state index < -0.39 is 6.09 Å². The molecular formula is C14H14N4O2S. The second kappa shape index (κ2) is 7.30. The zero-order chi connectivity index (χ0) is 15.1. The minimum atomic E-state index is -0.600. The van der Waals surface area contributed by atoms with Gasteiger partial charge in [-0.1, -0.05) is 30.3 Å². The van der Waals surface area contributed by atoms with Crippen LogP contribution in [0.5, 0.6) is 0 Å². The van der Waals surface area contributed by atoms with E-state index in [0.29, 0.717) is 11.5 Å². The van der Waals surface area contributed by atoms with E-state index in [2.05, 4.69) is 20.6 Å². The summed E-state index contributed by atoms with van der Waals surface area (Å²) in [6.07, 6.45) is 2.58. The zero-order valence-electron chi connectivity index (χ0n) is 11.4. The second-order valence-corrected chi connectivity index (χ2v) is 4.37. The Morgan fingerprint density at radius 2 is 1.90 bits per heavy atom.